The van der Waals surface area contributed by atoms with Crippen molar-refractivity contribution >= 4 is 17.5 Å². The average Bonchev–Trinajstić information content (AvgIpc) is 2.65. The molecule has 0 spiro atoms. The fraction of sp³-hybridized carbons (Fsp3) is 0.381. The molecule has 0 saturated heterocycles. The van der Waals surface area contributed by atoms with Gasteiger partial charge in [0.25, 0.3) is 11.8 Å². The molecule has 0 bridgehead atoms. The lowest BCUT2D eigenvalue weighted by Crippen LogP contribution is -2.28. The van der Waals surface area contributed by atoms with Crippen LogP contribution < -0.4 is 10.6 Å². The zero-order chi connectivity index (χ0) is 19.8. The lowest BCUT2D eigenvalue weighted by molar-refractivity contribution is 0.0947. The summed E-state index contributed by atoms with van der Waals surface area (Å²) < 4.78 is 0. The molecule has 0 aliphatic carbocycles. The summed E-state index contributed by atoms with van der Waals surface area (Å²) in [5, 5.41) is 5.68. The number of carbonyl (C=O) groups is 2. The maximum absolute atomic E-state index is 12.5. The highest BCUT2D eigenvalue weighted by molar-refractivity contribution is 6.05. The van der Waals surface area contributed by atoms with Gasteiger partial charge in [0, 0.05) is 24.0 Å². The van der Waals surface area contributed by atoms with E-state index >= 15 is 0 Å². The lowest BCUT2D eigenvalue weighted by Gasteiger charge is -2.10. The van der Waals surface area contributed by atoms with Crippen LogP contribution in [0.3, 0.4) is 0 Å². The van der Waals surface area contributed by atoms with E-state index in [1.807, 2.05) is 38.4 Å². The fourth-order valence-corrected chi connectivity index (χ4v) is 2.54. The molecule has 0 aliphatic heterocycles. The number of benzene rings is 1. The van der Waals surface area contributed by atoms with Crippen molar-refractivity contribution in [2.45, 2.75) is 26.2 Å². The van der Waals surface area contributed by atoms with Crippen LogP contribution in [0.1, 0.15) is 52.6 Å². The molecule has 144 valence electrons. The highest BCUT2D eigenvalue weighted by Gasteiger charge is 2.12. The molecule has 2 N–H and O–H groups in total. The minimum Gasteiger partial charge on any atom is -0.351 e. The molecule has 0 saturated carbocycles. The molecule has 1 aromatic carbocycles. The molecule has 0 aliphatic rings. The predicted octanol–water partition coefficient (Wildman–Crippen LogP) is 3.14. The Morgan fingerprint density at radius 2 is 1.78 bits per heavy atom. The summed E-state index contributed by atoms with van der Waals surface area (Å²) in [5.74, 6) is -0.102. The smallest absolute Gasteiger partial charge is 0.269 e. The zero-order valence-corrected chi connectivity index (χ0v) is 16.5. The van der Waals surface area contributed by atoms with Crippen molar-refractivity contribution in [1.29, 1.82) is 0 Å². The minimum absolute atomic E-state index is 0.239. The maximum atomic E-state index is 12.5. The second-order valence-corrected chi connectivity index (χ2v) is 7.07. The molecule has 2 amide bonds. The van der Waals surface area contributed by atoms with E-state index in [-0.39, 0.29) is 17.5 Å². The van der Waals surface area contributed by atoms with E-state index in [0.29, 0.717) is 18.0 Å². The van der Waals surface area contributed by atoms with Crippen LogP contribution in [0.4, 0.5) is 5.69 Å². The van der Waals surface area contributed by atoms with E-state index < -0.39 is 0 Å². The molecule has 0 fully saturated rings. The molecule has 27 heavy (non-hydrogen) atoms. The highest BCUT2D eigenvalue weighted by atomic mass is 16.2. The van der Waals surface area contributed by atoms with Gasteiger partial charge in [-0.15, -0.1) is 0 Å². The van der Waals surface area contributed by atoms with E-state index in [2.05, 4.69) is 34.4 Å². The van der Waals surface area contributed by atoms with Crippen LogP contribution >= 0.6 is 0 Å². The summed E-state index contributed by atoms with van der Waals surface area (Å²) in [7, 11) is 3.98. The Balaban J connectivity index is 1.97. The lowest BCUT2D eigenvalue weighted by atomic mass is 10.0. The summed E-state index contributed by atoms with van der Waals surface area (Å²) in [6, 6.07) is 10.9. The van der Waals surface area contributed by atoms with Crippen LogP contribution in [-0.2, 0) is 0 Å². The van der Waals surface area contributed by atoms with Gasteiger partial charge in [0.2, 0.25) is 0 Å². The molecule has 2 aromatic rings. The normalized spacial score (nSPS) is 10.9. The van der Waals surface area contributed by atoms with E-state index in [9.17, 15) is 9.59 Å². The first-order valence-corrected chi connectivity index (χ1v) is 9.17. The van der Waals surface area contributed by atoms with E-state index in [0.717, 1.165) is 18.7 Å². The van der Waals surface area contributed by atoms with Gasteiger partial charge in [-0.1, -0.05) is 26.0 Å². The molecule has 6 nitrogen and oxygen atoms in total. The topological polar surface area (TPSA) is 74.3 Å². The number of aromatic nitrogens is 1. The Bertz CT molecular complexity index is 770. The van der Waals surface area contributed by atoms with Gasteiger partial charge in [-0.2, -0.15) is 0 Å². The number of nitrogens with zero attached hydrogens (tertiary/aromatic N) is 2. The number of nitrogens with one attached hydrogen (secondary N) is 2. The quantitative estimate of drug-likeness (QED) is 0.702. The Hall–Kier alpha value is -2.73. The highest BCUT2D eigenvalue weighted by Crippen LogP contribution is 2.17. The minimum atomic E-state index is -0.273. The van der Waals surface area contributed by atoms with Gasteiger partial charge in [0.1, 0.15) is 5.69 Å². The zero-order valence-electron chi connectivity index (χ0n) is 16.5. The average molecular weight is 368 g/mol. The first kappa shape index (κ1) is 20.6. The number of amides is 2. The molecular weight excluding hydrogens is 340 g/mol. The van der Waals surface area contributed by atoms with Gasteiger partial charge < -0.3 is 15.5 Å². The molecule has 0 atom stereocenters. The third kappa shape index (κ3) is 6.49. The van der Waals surface area contributed by atoms with Crippen molar-refractivity contribution in [3.8, 4) is 0 Å². The molecule has 2 rings (SSSR count). The Kier molecular flexibility index (Phi) is 7.49. The largest absolute Gasteiger partial charge is 0.351 e. The second-order valence-electron chi connectivity index (χ2n) is 7.07. The molecular formula is C21H28N4O2. The van der Waals surface area contributed by atoms with Crippen LogP contribution in [-0.4, -0.2) is 48.9 Å². The summed E-state index contributed by atoms with van der Waals surface area (Å²) in [5.41, 5.74) is 2.57. The molecule has 0 radical (unpaired) electrons. The van der Waals surface area contributed by atoms with Crippen LogP contribution in [0.5, 0.6) is 0 Å². The standard InChI is InChI=1S/C21H28N4O2/c1-15(2)16-6-8-18(9-7-16)24-20(26)17-10-12-22-19(14-17)21(27)23-11-5-13-25(3)4/h6-10,12,14-15H,5,11,13H2,1-4H3,(H,23,27)(H,24,26). The van der Waals surface area contributed by atoms with E-state index in [4.69, 9.17) is 0 Å². The summed E-state index contributed by atoms with van der Waals surface area (Å²) in [6.45, 7) is 5.71. The monoisotopic (exact) mass is 368 g/mol. The number of carbonyl (C=O) groups excluding carboxylic acids is 2. The van der Waals surface area contributed by atoms with Crippen molar-refractivity contribution in [3.05, 3.63) is 59.4 Å². The van der Waals surface area contributed by atoms with Crippen LogP contribution in [0.2, 0.25) is 0 Å². The Morgan fingerprint density at radius 1 is 1.07 bits per heavy atom. The van der Waals surface area contributed by atoms with Gasteiger partial charge in [-0.3, -0.25) is 14.6 Å². The number of pyridine rings is 1. The summed E-state index contributed by atoms with van der Waals surface area (Å²) in [6.07, 6.45) is 2.33. The number of rotatable bonds is 8. The van der Waals surface area contributed by atoms with Crippen molar-refractivity contribution in [1.82, 2.24) is 15.2 Å². The van der Waals surface area contributed by atoms with Crippen molar-refractivity contribution in [2.75, 3.05) is 32.5 Å². The van der Waals surface area contributed by atoms with Gasteiger partial charge in [0.05, 0.1) is 0 Å². The number of hydrogen-bond donors (Lipinski definition) is 2. The molecule has 0 unspecified atom stereocenters. The fourth-order valence-electron chi connectivity index (χ4n) is 2.54. The first-order valence-electron chi connectivity index (χ1n) is 9.17. The van der Waals surface area contributed by atoms with Crippen LogP contribution in [0.25, 0.3) is 0 Å². The first-order chi connectivity index (χ1) is 12.9. The van der Waals surface area contributed by atoms with Gasteiger partial charge in [-0.05, 0) is 62.8 Å². The molecule has 6 heteroatoms. The van der Waals surface area contributed by atoms with Crippen molar-refractivity contribution < 1.29 is 9.59 Å². The number of anilines is 1. The molecule has 1 aromatic heterocycles. The second kappa shape index (κ2) is 9.83. The SMILES string of the molecule is CC(C)c1ccc(NC(=O)c2ccnc(C(=O)NCCCN(C)C)c2)cc1. The van der Waals surface area contributed by atoms with Gasteiger partial charge >= 0.3 is 0 Å². The maximum Gasteiger partial charge on any atom is 0.269 e. The van der Waals surface area contributed by atoms with Crippen LogP contribution in [0, 0.1) is 0 Å². The summed E-state index contributed by atoms with van der Waals surface area (Å²) >= 11 is 0. The van der Waals surface area contributed by atoms with Gasteiger partial charge in [-0.25, -0.2) is 0 Å². The Morgan fingerprint density at radius 3 is 2.41 bits per heavy atom. The predicted molar refractivity (Wildman–Crippen MR) is 108 cm³/mol. The third-order valence-corrected chi connectivity index (χ3v) is 4.16. The van der Waals surface area contributed by atoms with Crippen LogP contribution in [0.15, 0.2) is 42.6 Å². The van der Waals surface area contributed by atoms with Crippen molar-refractivity contribution in [3.63, 3.8) is 0 Å². The Labute approximate surface area is 161 Å². The van der Waals surface area contributed by atoms with Gasteiger partial charge in [0.15, 0.2) is 0 Å². The third-order valence-electron chi connectivity index (χ3n) is 4.16. The van der Waals surface area contributed by atoms with Crippen molar-refractivity contribution in [2.24, 2.45) is 0 Å². The van der Waals surface area contributed by atoms with E-state index in [1.54, 1.807) is 6.07 Å². The van der Waals surface area contributed by atoms with E-state index in [1.165, 1.54) is 17.8 Å². The number of hydrogen-bond acceptors (Lipinski definition) is 4. The summed E-state index contributed by atoms with van der Waals surface area (Å²) in [4.78, 5) is 30.8. The molecule has 1 heterocycles.